The van der Waals surface area contributed by atoms with Crippen molar-refractivity contribution in [2.45, 2.75) is 19.4 Å². The Kier molecular flexibility index (Phi) is 4.61. The molecule has 1 aliphatic rings. The second kappa shape index (κ2) is 6.21. The van der Waals surface area contributed by atoms with Gasteiger partial charge in [-0.3, -0.25) is 9.69 Å². The van der Waals surface area contributed by atoms with Crippen molar-refractivity contribution in [1.29, 1.82) is 0 Å². The molecule has 0 spiro atoms. The van der Waals surface area contributed by atoms with Gasteiger partial charge in [0.1, 0.15) is 11.6 Å². The average molecular weight is 269 g/mol. The molecule has 3 nitrogen and oxygen atoms in total. The van der Waals surface area contributed by atoms with E-state index in [0.29, 0.717) is 19.8 Å². The normalized spacial score (nSPS) is 20.5. The van der Waals surface area contributed by atoms with Crippen molar-refractivity contribution in [3.63, 3.8) is 0 Å². The zero-order valence-corrected chi connectivity index (χ0v) is 10.9. The van der Waals surface area contributed by atoms with Gasteiger partial charge in [0, 0.05) is 12.6 Å². The van der Waals surface area contributed by atoms with Gasteiger partial charge < -0.3 is 4.74 Å². The number of ether oxygens (including phenoxy) is 1. The van der Waals surface area contributed by atoms with Crippen LogP contribution in [-0.4, -0.2) is 43.0 Å². The highest BCUT2D eigenvalue weighted by Crippen LogP contribution is 2.16. The third-order valence-electron chi connectivity index (χ3n) is 3.41. The molecule has 5 heteroatoms. The van der Waals surface area contributed by atoms with Gasteiger partial charge in [0.05, 0.1) is 25.3 Å². The Morgan fingerprint density at radius 3 is 2.74 bits per heavy atom. The lowest BCUT2D eigenvalue weighted by Gasteiger charge is -2.34. The van der Waals surface area contributed by atoms with Crippen LogP contribution in [0, 0.1) is 11.6 Å². The maximum Gasteiger partial charge on any atom is 0.182 e. The topological polar surface area (TPSA) is 29.5 Å². The number of Topliss-reactive ketones (excluding diaryl/α,β-unsaturated/α-hetero) is 1. The number of hydrogen-bond donors (Lipinski definition) is 0. The first-order chi connectivity index (χ1) is 9.13. The van der Waals surface area contributed by atoms with E-state index in [4.69, 9.17) is 4.74 Å². The summed E-state index contributed by atoms with van der Waals surface area (Å²) in [6.45, 7) is 3.74. The van der Waals surface area contributed by atoms with Crippen molar-refractivity contribution in [1.82, 2.24) is 4.90 Å². The summed E-state index contributed by atoms with van der Waals surface area (Å²) in [7, 11) is 0. The molecule has 104 valence electrons. The summed E-state index contributed by atoms with van der Waals surface area (Å²) in [5, 5.41) is 0. The minimum absolute atomic E-state index is 0.0275. The molecule has 0 aromatic heterocycles. The number of benzene rings is 1. The van der Waals surface area contributed by atoms with E-state index in [1.54, 1.807) is 0 Å². The lowest BCUT2D eigenvalue weighted by atomic mass is 10.1. The summed E-state index contributed by atoms with van der Waals surface area (Å²) >= 11 is 0. The van der Waals surface area contributed by atoms with Crippen LogP contribution in [0.1, 0.15) is 23.7 Å². The quantitative estimate of drug-likeness (QED) is 0.785. The molecule has 1 unspecified atom stereocenters. The molecule has 0 aliphatic carbocycles. The van der Waals surface area contributed by atoms with E-state index >= 15 is 0 Å². The van der Waals surface area contributed by atoms with Crippen LogP contribution in [0.4, 0.5) is 8.78 Å². The predicted octanol–water partition coefficient (Wildman–Crippen LogP) is 2.26. The highest BCUT2D eigenvalue weighted by atomic mass is 19.1. The molecule has 1 heterocycles. The van der Waals surface area contributed by atoms with Crippen LogP contribution >= 0.6 is 0 Å². The summed E-state index contributed by atoms with van der Waals surface area (Å²) in [5.74, 6) is -2.12. The maximum atomic E-state index is 13.5. The van der Waals surface area contributed by atoms with E-state index in [0.717, 1.165) is 18.6 Å². The Hall–Kier alpha value is -1.33. The van der Waals surface area contributed by atoms with E-state index in [1.807, 2.05) is 11.8 Å². The van der Waals surface area contributed by atoms with Crippen molar-refractivity contribution in [3.8, 4) is 0 Å². The van der Waals surface area contributed by atoms with Gasteiger partial charge in [-0.25, -0.2) is 8.78 Å². The smallest absolute Gasteiger partial charge is 0.182 e. The molecule has 2 rings (SSSR count). The number of rotatable bonds is 4. The highest BCUT2D eigenvalue weighted by Gasteiger charge is 2.26. The van der Waals surface area contributed by atoms with Crippen molar-refractivity contribution in [2.75, 3.05) is 26.3 Å². The van der Waals surface area contributed by atoms with Gasteiger partial charge in [0.25, 0.3) is 0 Å². The SMILES string of the molecule is CCC1COCCN1CC(=O)c1c(F)cccc1F. The van der Waals surface area contributed by atoms with Gasteiger partial charge in [0.2, 0.25) is 0 Å². The largest absolute Gasteiger partial charge is 0.378 e. The Balaban J connectivity index is 2.12. The second-order valence-electron chi connectivity index (χ2n) is 4.63. The average Bonchev–Trinajstić information content (AvgIpc) is 2.39. The predicted molar refractivity (Wildman–Crippen MR) is 67.2 cm³/mol. The maximum absolute atomic E-state index is 13.5. The van der Waals surface area contributed by atoms with Crippen LogP contribution in [0.2, 0.25) is 0 Å². The lowest BCUT2D eigenvalue weighted by Crippen LogP contribution is -2.47. The molecule has 0 radical (unpaired) electrons. The molecule has 1 aliphatic heterocycles. The Bertz CT molecular complexity index is 445. The third-order valence-corrected chi connectivity index (χ3v) is 3.41. The van der Waals surface area contributed by atoms with Crippen LogP contribution in [-0.2, 0) is 4.74 Å². The summed E-state index contributed by atoms with van der Waals surface area (Å²) < 4.78 is 32.4. The Labute approximate surface area is 111 Å². The molecule has 0 N–H and O–H groups in total. The fourth-order valence-corrected chi connectivity index (χ4v) is 2.30. The zero-order valence-electron chi connectivity index (χ0n) is 10.9. The number of nitrogens with zero attached hydrogens (tertiary/aromatic N) is 1. The minimum Gasteiger partial charge on any atom is -0.378 e. The Morgan fingerprint density at radius 2 is 2.11 bits per heavy atom. The molecule has 1 atom stereocenters. The molecular formula is C14H17F2NO2. The molecule has 0 bridgehead atoms. The summed E-state index contributed by atoms with van der Waals surface area (Å²) in [5.41, 5.74) is -0.441. The van der Waals surface area contributed by atoms with Gasteiger partial charge >= 0.3 is 0 Å². The van der Waals surface area contributed by atoms with Crippen molar-refractivity contribution < 1.29 is 18.3 Å². The fraction of sp³-hybridized carbons (Fsp3) is 0.500. The first kappa shape index (κ1) is 14.1. The number of carbonyl (C=O) groups excluding carboxylic acids is 1. The van der Waals surface area contributed by atoms with E-state index in [9.17, 15) is 13.6 Å². The summed E-state index contributed by atoms with van der Waals surface area (Å²) in [4.78, 5) is 14.0. The van der Waals surface area contributed by atoms with E-state index in [1.165, 1.54) is 6.07 Å². The number of morpholine rings is 1. The van der Waals surface area contributed by atoms with Crippen molar-refractivity contribution >= 4 is 5.78 Å². The molecule has 0 saturated carbocycles. The minimum atomic E-state index is -0.800. The van der Waals surface area contributed by atoms with Gasteiger partial charge in [-0.15, -0.1) is 0 Å². The Morgan fingerprint density at radius 1 is 1.42 bits per heavy atom. The fourth-order valence-electron chi connectivity index (χ4n) is 2.30. The number of ketones is 1. The van der Waals surface area contributed by atoms with Crippen LogP contribution in [0.5, 0.6) is 0 Å². The summed E-state index contributed by atoms with van der Waals surface area (Å²) in [6.07, 6.45) is 0.840. The molecule has 1 fully saturated rings. The van der Waals surface area contributed by atoms with Crippen molar-refractivity contribution in [3.05, 3.63) is 35.4 Å². The monoisotopic (exact) mass is 269 g/mol. The van der Waals surface area contributed by atoms with Gasteiger partial charge in [0.15, 0.2) is 5.78 Å². The zero-order chi connectivity index (χ0) is 13.8. The lowest BCUT2D eigenvalue weighted by molar-refractivity contribution is -0.00595. The molecule has 19 heavy (non-hydrogen) atoms. The van der Waals surface area contributed by atoms with Crippen LogP contribution in [0.3, 0.4) is 0 Å². The third kappa shape index (κ3) is 3.16. The molecular weight excluding hydrogens is 252 g/mol. The number of hydrogen-bond acceptors (Lipinski definition) is 3. The van der Waals surface area contributed by atoms with Crippen LogP contribution in [0.25, 0.3) is 0 Å². The molecule has 1 aromatic rings. The van der Waals surface area contributed by atoms with Gasteiger partial charge in [-0.1, -0.05) is 13.0 Å². The first-order valence-electron chi connectivity index (χ1n) is 6.42. The van der Waals surface area contributed by atoms with E-state index < -0.39 is 23.0 Å². The van der Waals surface area contributed by atoms with Gasteiger partial charge in [-0.2, -0.15) is 0 Å². The van der Waals surface area contributed by atoms with E-state index in [-0.39, 0.29) is 12.6 Å². The molecule has 1 aromatic carbocycles. The number of halogens is 2. The van der Waals surface area contributed by atoms with Gasteiger partial charge in [-0.05, 0) is 18.6 Å². The molecule has 1 saturated heterocycles. The van der Waals surface area contributed by atoms with E-state index in [2.05, 4.69) is 0 Å². The van der Waals surface area contributed by atoms with Crippen molar-refractivity contribution in [2.24, 2.45) is 0 Å². The standard InChI is InChI=1S/C14H17F2NO2/c1-2-10-9-19-7-6-17(10)8-13(18)14-11(15)4-3-5-12(14)16/h3-5,10H,2,6-9H2,1H3. The van der Waals surface area contributed by atoms with Crippen LogP contribution < -0.4 is 0 Å². The number of carbonyl (C=O) groups is 1. The summed E-state index contributed by atoms with van der Waals surface area (Å²) in [6, 6.07) is 3.60. The van der Waals surface area contributed by atoms with Crippen LogP contribution in [0.15, 0.2) is 18.2 Å². The second-order valence-corrected chi connectivity index (χ2v) is 4.63. The highest BCUT2D eigenvalue weighted by molar-refractivity contribution is 5.98. The first-order valence-corrected chi connectivity index (χ1v) is 6.42. The molecule has 0 amide bonds.